The summed E-state index contributed by atoms with van der Waals surface area (Å²) in [6, 6.07) is 23.1. The number of hydrogen-bond donors (Lipinski definition) is 1. The molecule has 0 spiro atoms. The third-order valence-electron chi connectivity index (χ3n) is 4.45. The third-order valence-corrected chi connectivity index (χ3v) is 4.45. The number of rotatable bonds is 9. The molecule has 3 aromatic carbocycles. The highest BCUT2D eigenvalue weighted by Gasteiger charge is 2.07. The predicted molar refractivity (Wildman–Crippen MR) is 118 cm³/mol. The van der Waals surface area contributed by atoms with Crippen LogP contribution < -0.4 is 19.5 Å². The van der Waals surface area contributed by atoms with E-state index in [9.17, 15) is 4.79 Å². The zero-order valence-corrected chi connectivity index (χ0v) is 17.1. The number of nitrogens with one attached hydrogen (secondary N) is 1. The van der Waals surface area contributed by atoms with Gasteiger partial charge in [0, 0.05) is 12.6 Å². The SMILES string of the molecule is COc1cccc(/C=C/C(=O)NCc2ccc(OCc3ccccc3)c(OC)c2)c1. The molecule has 0 aliphatic carbocycles. The maximum Gasteiger partial charge on any atom is 0.244 e. The Labute approximate surface area is 176 Å². The second kappa shape index (κ2) is 10.7. The lowest BCUT2D eigenvalue weighted by Gasteiger charge is -2.12. The molecule has 3 aromatic rings. The first-order chi connectivity index (χ1) is 14.7. The number of carbonyl (C=O) groups is 1. The highest BCUT2D eigenvalue weighted by molar-refractivity contribution is 5.91. The Bertz CT molecular complexity index is 999. The minimum absolute atomic E-state index is 0.179. The van der Waals surface area contributed by atoms with Crippen LogP contribution in [-0.4, -0.2) is 20.1 Å². The van der Waals surface area contributed by atoms with Gasteiger partial charge in [-0.3, -0.25) is 4.79 Å². The van der Waals surface area contributed by atoms with E-state index >= 15 is 0 Å². The van der Waals surface area contributed by atoms with Crippen molar-refractivity contribution in [1.82, 2.24) is 5.32 Å². The molecule has 0 aliphatic rings. The van der Waals surface area contributed by atoms with Crippen LogP contribution in [0, 0.1) is 0 Å². The van der Waals surface area contributed by atoms with Crippen LogP contribution in [-0.2, 0) is 17.9 Å². The van der Waals surface area contributed by atoms with Gasteiger partial charge in [0.25, 0.3) is 0 Å². The molecule has 1 amide bonds. The van der Waals surface area contributed by atoms with E-state index in [4.69, 9.17) is 14.2 Å². The van der Waals surface area contributed by atoms with E-state index in [-0.39, 0.29) is 5.91 Å². The normalized spacial score (nSPS) is 10.6. The Kier molecular flexibility index (Phi) is 7.50. The van der Waals surface area contributed by atoms with Crippen LogP contribution in [0.5, 0.6) is 17.2 Å². The maximum absolute atomic E-state index is 12.1. The lowest BCUT2D eigenvalue weighted by atomic mass is 10.2. The highest BCUT2D eigenvalue weighted by atomic mass is 16.5. The molecule has 0 saturated carbocycles. The number of carbonyl (C=O) groups excluding carboxylic acids is 1. The molecule has 1 N–H and O–H groups in total. The molecule has 3 rings (SSSR count). The molecule has 5 nitrogen and oxygen atoms in total. The van der Waals surface area contributed by atoms with E-state index in [1.165, 1.54) is 6.08 Å². The molecular weight excluding hydrogens is 378 g/mol. The van der Waals surface area contributed by atoms with Crippen molar-refractivity contribution in [3.63, 3.8) is 0 Å². The number of ether oxygens (including phenoxy) is 3. The van der Waals surface area contributed by atoms with Gasteiger partial charge in [-0.25, -0.2) is 0 Å². The first-order valence-electron chi connectivity index (χ1n) is 9.61. The summed E-state index contributed by atoms with van der Waals surface area (Å²) >= 11 is 0. The van der Waals surface area contributed by atoms with Gasteiger partial charge in [0.1, 0.15) is 12.4 Å². The summed E-state index contributed by atoms with van der Waals surface area (Å²) in [5.41, 5.74) is 2.90. The summed E-state index contributed by atoms with van der Waals surface area (Å²) in [6.07, 6.45) is 3.25. The topological polar surface area (TPSA) is 56.8 Å². The lowest BCUT2D eigenvalue weighted by molar-refractivity contribution is -0.116. The van der Waals surface area contributed by atoms with Crippen molar-refractivity contribution in [2.24, 2.45) is 0 Å². The monoisotopic (exact) mass is 403 g/mol. The molecule has 5 heteroatoms. The molecule has 30 heavy (non-hydrogen) atoms. The van der Waals surface area contributed by atoms with Gasteiger partial charge in [-0.2, -0.15) is 0 Å². The van der Waals surface area contributed by atoms with Gasteiger partial charge < -0.3 is 19.5 Å². The van der Waals surface area contributed by atoms with Crippen molar-refractivity contribution in [3.8, 4) is 17.2 Å². The molecule has 0 unspecified atom stereocenters. The van der Waals surface area contributed by atoms with Crippen LogP contribution >= 0.6 is 0 Å². The minimum Gasteiger partial charge on any atom is -0.497 e. The molecule has 0 atom stereocenters. The van der Waals surface area contributed by atoms with Crippen molar-refractivity contribution in [1.29, 1.82) is 0 Å². The molecule has 0 heterocycles. The summed E-state index contributed by atoms with van der Waals surface area (Å²) in [7, 11) is 3.21. The van der Waals surface area contributed by atoms with Crippen molar-refractivity contribution < 1.29 is 19.0 Å². The predicted octanol–water partition coefficient (Wildman–Crippen LogP) is 4.61. The summed E-state index contributed by atoms with van der Waals surface area (Å²) in [5.74, 6) is 1.86. The summed E-state index contributed by atoms with van der Waals surface area (Å²) in [5, 5.41) is 2.87. The van der Waals surface area contributed by atoms with Gasteiger partial charge in [0.2, 0.25) is 5.91 Å². The number of benzene rings is 3. The van der Waals surface area contributed by atoms with Gasteiger partial charge in [-0.1, -0.05) is 48.5 Å². The van der Waals surface area contributed by atoms with Crippen LogP contribution in [0.3, 0.4) is 0 Å². The number of amides is 1. The first-order valence-corrected chi connectivity index (χ1v) is 9.61. The second-order valence-electron chi connectivity index (χ2n) is 6.59. The molecule has 0 fully saturated rings. The highest BCUT2D eigenvalue weighted by Crippen LogP contribution is 2.28. The standard InChI is InChI=1S/C25H25NO4/c1-28-22-10-6-9-19(15-22)12-14-25(27)26-17-21-11-13-23(24(16-21)29-2)30-18-20-7-4-3-5-8-20/h3-16H,17-18H2,1-2H3,(H,26,27)/b14-12+. The Hall–Kier alpha value is -3.73. The summed E-state index contributed by atoms with van der Waals surface area (Å²) in [6.45, 7) is 0.846. The fraction of sp³-hybridized carbons (Fsp3) is 0.160. The van der Waals surface area contributed by atoms with Crippen LogP contribution in [0.25, 0.3) is 6.08 Å². The Morgan fingerprint density at radius 1 is 0.867 bits per heavy atom. The van der Waals surface area contributed by atoms with Gasteiger partial charge in [-0.15, -0.1) is 0 Å². The van der Waals surface area contributed by atoms with Crippen LogP contribution in [0.1, 0.15) is 16.7 Å². The fourth-order valence-corrected chi connectivity index (χ4v) is 2.84. The Morgan fingerprint density at radius 3 is 2.47 bits per heavy atom. The third kappa shape index (κ3) is 6.14. The Morgan fingerprint density at radius 2 is 1.70 bits per heavy atom. The van der Waals surface area contributed by atoms with Gasteiger partial charge in [0.05, 0.1) is 14.2 Å². The van der Waals surface area contributed by atoms with Crippen LogP contribution in [0.15, 0.2) is 78.9 Å². The van der Waals surface area contributed by atoms with E-state index in [0.717, 1.165) is 22.4 Å². The van der Waals surface area contributed by atoms with Gasteiger partial charge in [0.15, 0.2) is 11.5 Å². The van der Waals surface area contributed by atoms with E-state index < -0.39 is 0 Å². The van der Waals surface area contributed by atoms with Crippen LogP contribution in [0.2, 0.25) is 0 Å². The first kappa shape index (κ1) is 21.0. The molecule has 0 aliphatic heterocycles. The minimum atomic E-state index is -0.179. The second-order valence-corrected chi connectivity index (χ2v) is 6.59. The number of methoxy groups -OCH3 is 2. The zero-order chi connectivity index (χ0) is 21.2. The largest absolute Gasteiger partial charge is 0.497 e. The lowest BCUT2D eigenvalue weighted by Crippen LogP contribution is -2.20. The van der Waals surface area contributed by atoms with E-state index in [2.05, 4.69) is 5.32 Å². The van der Waals surface area contributed by atoms with Crippen LogP contribution in [0.4, 0.5) is 0 Å². The average Bonchev–Trinajstić information content (AvgIpc) is 2.81. The van der Waals surface area contributed by atoms with Crippen molar-refractivity contribution in [3.05, 3.63) is 95.6 Å². The molecule has 0 radical (unpaired) electrons. The molecule has 154 valence electrons. The van der Waals surface area contributed by atoms with Crippen molar-refractivity contribution >= 4 is 12.0 Å². The molecule has 0 saturated heterocycles. The molecular formula is C25H25NO4. The maximum atomic E-state index is 12.1. The summed E-state index contributed by atoms with van der Waals surface area (Å²) < 4.78 is 16.5. The van der Waals surface area contributed by atoms with Gasteiger partial charge in [-0.05, 0) is 47.0 Å². The quantitative estimate of drug-likeness (QED) is 0.530. The van der Waals surface area contributed by atoms with Gasteiger partial charge >= 0.3 is 0 Å². The fourth-order valence-electron chi connectivity index (χ4n) is 2.84. The number of hydrogen-bond acceptors (Lipinski definition) is 4. The average molecular weight is 403 g/mol. The summed E-state index contributed by atoms with van der Waals surface area (Å²) in [4.78, 5) is 12.1. The van der Waals surface area contributed by atoms with Crippen molar-refractivity contribution in [2.45, 2.75) is 13.2 Å². The van der Waals surface area contributed by atoms with E-state index in [1.807, 2.05) is 72.8 Å². The van der Waals surface area contributed by atoms with Crippen molar-refractivity contribution in [2.75, 3.05) is 14.2 Å². The van der Waals surface area contributed by atoms with E-state index in [0.29, 0.717) is 24.7 Å². The molecule has 0 aromatic heterocycles. The molecule has 0 bridgehead atoms. The Balaban J connectivity index is 1.55. The zero-order valence-electron chi connectivity index (χ0n) is 17.1. The van der Waals surface area contributed by atoms with E-state index in [1.54, 1.807) is 20.3 Å². The smallest absolute Gasteiger partial charge is 0.244 e.